The lowest BCUT2D eigenvalue weighted by atomic mass is 10.2. The number of nitrogens with zero attached hydrogens (tertiary/aromatic N) is 2. The summed E-state index contributed by atoms with van der Waals surface area (Å²) in [6, 6.07) is 6.27. The van der Waals surface area contributed by atoms with E-state index in [2.05, 4.69) is 15.3 Å². The highest BCUT2D eigenvalue weighted by Gasteiger charge is 2.03. The van der Waals surface area contributed by atoms with Gasteiger partial charge in [-0.15, -0.1) is 0 Å². The SMILES string of the molecule is CCCOc1ccnc(NCc2ccc(F)c(Cl)c2)n1. The molecule has 0 radical (unpaired) electrons. The quantitative estimate of drug-likeness (QED) is 0.883. The van der Waals surface area contributed by atoms with Crippen LogP contribution in [0.2, 0.25) is 5.02 Å². The Morgan fingerprint density at radius 3 is 2.95 bits per heavy atom. The van der Waals surface area contributed by atoms with Crippen molar-refractivity contribution in [3.63, 3.8) is 0 Å². The number of rotatable bonds is 6. The van der Waals surface area contributed by atoms with Gasteiger partial charge in [0.1, 0.15) is 5.82 Å². The van der Waals surface area contributed by atoms with Crippen LogP contribution in [0.5, 0.6) is 5.88 Å². The maximum absolute atomic E-state index is 13.0. The summed E-state index contributed by atoms with van der Waals surface area (Å²) < 4.78 is 18.5. The molecule has 1 aromatic carbocycles. The molecule has 0 aliphatic heterocycles. The molecule has 0 aliphatic rings. The molecule has 2 rings (SSSR count). The van der Waals surface area contributed by atoms with Crippen molar-refractivity contribution in [2.75, 3.05) is 11.9 Å². The summed E-state index contributed by atoms with van der Waals surface area (Å²) in [5.74, 6) is 0.558. The predicted molar refractivity (Wildman–Crippen MR) is 76.6 cm³/mol. The molecule has 1 N–H and O–H groups in total. The topological polar surface area (TPSA) is 47.0 Å². The van der Waals surface area contributed by atoms with Crippen molar-refractivity contribution in [1.82, 2.24) is 9.97 Å². The van der Waals surface area contributed by atoms with Gasteiger partial charge in [-0.3, -0.25) is 0 Å². The molecule has 0 bridgehead atoms. The van der Waals surface area contributed by atoms with Crippen molar-refractivity contribution in [2.45, 2.75) is 19.9 Å². The summed E-state index contributed by atoms with van der Waals surface area (Å²) in [5.41, 5.74) is 0.847. The van der Waals surface area contributed by atoms with E-state index in [1.165, 1.54) is 6.07 Å². The molecule has 0 saturated carbocycles. The second-order valence-electron chi connectivity index (χ2n) is 4.17. The zero-order chi connectivity index (χ0) is 14.4. The van der Waals surface area contributed by atoms with Gasteiger partial charge in [-0.25, -0.2) is 9.37 Å². The summed E-state index contributed by atoms with van der Waals surface area (Å²) in [4.78, 5) is 8.31. The highest BCUT2D eigenvalue weighted by Crippen LogP contribution is 2.17. The summed E-state index contributed by atoms with van der Waals surface area (Å²) in [6.45, 7) is 3.10. The number of hydrogen-bond acceptors (Lipinski definition) is 4. The van der Waals surface area contributed by atoms with E-state index in [4.69, 9.17) is 16.3 Å². The number of hydrogen-bond donors (Lipinski definition) is 1. The van der Waals surface area contributed by atoms with Crippen LogP contribution in [-0.2, 0) is 6.54 Å². The molecule has 1 heterocycles. The predicted octanol–water partition coefficient (Wildman–Crippen LogP) is 3.67. The van der Waals surface area contributed by atoms with Gasteiger partial charge in [0.15, 0.2) is 0 Å². The Morgan fingerprint density at radius 1 is 1.35 bits per heavy atom. The Hall–Kier alpha value is -1.88. The molecule has 0 unspecified atom stereocenters. The van der Waals surface area contributed by atoms with E-state index in [0.717, 1.165) is 12.0 Å². The highest BCUT2D eigenvalue weighted by molar-refractivity contribution is 6.30. The molecule has 0 spiro atoms. The first-order valence-corrected chi connectivity index (χ1v) is 6.70. The third-order valence-corrected chi connectivity index (χ3v) is 2.81. The lowest BCUT2D eigenvalue weighted by molar-refractivity contribution is 0.305. The van der Waals surface area contributed by atoms with E-state index < -0.39 is 5.82 Å². The number of benzene rings is 1. The van der Waals surface area contributed by atoms with Crippen molar-refractivity contribution >= 4 is 17.5 Å². The van der Waals surface area contributed by atoms with Crippen molar-refractivity contribution < 1.29 is 9.13 Å². The van der Waals surface area contributed by atoms with Gasteiger partial charge in [-0.1, -0.05) is 24.6 Å². The molecule has 20 heavy (non-hydrogen) atoms. The minimum absolute atomic E-state index is 0.102. The average molecular weight is 296 g/mol. The normalized spacial score (nSPS) is 10.3. The van der Waals surface area contributed by atoms with Gasteiger partial charge in [0.2, 0.25) is 11.8 Å². The fourth-order valence-corrected chi connectivity index (χ4v) is 1.75. The third-order valence-electron chi connectivity index (χ3n) is 2.52. The van der Waals surface area contributed by atoms with Gasteiger partial charge in [0.05, 0.1) is 11.6 Å². The van der Waals surface area contributed by atoms with E-state index >= 15 is 0 Å². The number of halogens is 2. The van der Waals surface area contributed by atoms with E-state index in [9.17, 15) is 4.39 Å². The highest BCUT2D eigenvalue weighted by atomic mass is 35.5. The van der Waals surface area contributed by atoms with Gasteiger partial charge in [-0.05, 0) is 24.1 Å². The van der Waals surface area contributed by atoms with Crippen molar-refractivity contribution in [2.24, 2.45) is 0 Å². The van der Waals surface area contributed by atoms with Gasteiger partial charge in [-0.2, -0.15) is 4.98 Å². The Labute approximate surface area is 122 Å². The van der Waals surface area contributed by atoms with Crippen molar-refractivity contribution in [1.29, 1.82) is 0 Å². The lowest BCUT2D eigenvalue weighted by Gasteiger charge is -2.07. The van der Waals surface area contributed by atoms with Crippen LogP contribution >= 0.6 is 11.6 Å². The van der Waals surface area contributed by atoms with Crippen LogP contribution in [0.15, 0.2) is 30.5 Å². The molecular formula is C14H15ClFN3O. The van der Waals surface area contributed by atoms with E-state index in [-0.39, 0.29) is 5.02 Å². The molecule has 0 saturated heterocycles. The van der Waals surface area contributed by atoms with Crippen molar-refractivity contribution in [3.8, 4) is 5.88 Å². The largest absolute Gasteiger partial charge is 0.478 e. The minimum Gasteiger partial charge on any atom is -0.478 e. The zero-order valence-corrected chi connectivity index (χ0v) is 11.8. The number of ether oxygens (including phenoxy) is 1. The van der Waals surface area contributed by atoms with Crippen LogP contribution in [0.4, 0.5) is 10.3 Å². The standard InChI is InChI=1S/C14H15ClFN3O/c1-2-7-20-13-5-6-17-14(19-13)18-9-10-3-4-12(16)11(15)8-10/h3-6,8H,2,7,9H2,1H3,(H,17,18,19). The Kier molecular flexibility index (Phi) is 5.12. The maximum atomic E-state index is 13.0. The van der Waals surface area contributed by atoms with Gasteiger partial charge in [0.25, 0.3) is 0 Å². The Balaban J connectivity index is 1.97. The van der Waals surface area contributed by atoms with Crippen LogP contribution in [0, 0.1) is 5.82 Å². The molecule has 6 heteroatoms. The van der Waals surface area contributed by atoms with Crippen LogP contribution < -0.4 is 10.1 Å². The van der Waals surface area contributed by atoms with Gasteiger partial charge >= 0.3 is 0 Å². The maximum Gasteiger partial charge on any atom is 0.226 e. The van der Waals surface area contributed by atoms with E-state index in [1.54, 1.807) is 24.4 Å². The molecule has 2 aromatic rings. The summed E-state index contributed by atoms with van der Waals surface area (Å²) in [5, 5.41) is 3.14. The van der Waals surface area contributed by atoms with Crippen LogP contribution in [0.3, 0.4) is 0 Å². The molecule has 0 aliphatic carbocycles. The molecule has 0 atom stereocenters. The first kappa shape index (κ1) is 14.5. The first-order valence-electron chi connectivity index (χ1n) is 6.32. The summed E-state index contributed by atoms with van der Waals surface area (Å²) >= 11 is 5.72. The summed E-state index contributed by atoms with van der Waals surface area (Å²) in [6.07, 6.45) is 2.54. The number of nitrogens with one attached hydrogen (secondary N) is 1. The Bertz CT molecular complexity index is 580. The molecule has 1 aromatic heterocycles. The van der Waals surface area contributed by atoms with Crippen LogP contribution in [0.1, 0.15) is 18.9 Å². The fraction of sp³-hybridized carbons (Fsp3) is 0.286. The molecule has 106 valence electrons. The first-order chi connectivity index (χ1) is 9.69. The number of anilines is 1. The van der Waals surface area contributed by atoms with Crippen LogP contribution in [0.25, 0.3) is 0 Å². The van der Waals surface area contributed by atoms with Gasteiger partial charge in [0, 0.05) is 18.8 Å². The average Bonchev–Trinajstić information content (AvgIpc) is 2.47. The Morgan fingerprint density at radius 2 is 2.20 bits per heavy atom. The second-order valence-corrected chi connectivity index (χ2v) is 4.58. The van der Waals surface area contributed by atoms with Crippen molar-refractivity contribution in [3.05, 3.63) is 46.9 Å². The van der Waals surface area contributed by atoms with Gasteiger partial charge < -0.3 is 10.1 Å². The molecule has 0 amide bonds. The monoisotopic (exact) mass is 295 g/mol. The second kappa shape index (κ2) is 7.05. The van der Waals surface area contributed by atoms with Crippen LogP contribution in [-0.4, -0.2) is 16.6 Å². The molecular weight excluding hydrogens is 281 g/mol. The number of aromatic nitrogens is 2. The molecule has 0 fully saturated rings. The minimum atomic E-state index is -0.429. The zero-order valence-electron chi connectivity index (χ0n) is 11.1. The summed E-state index contributed by atoms with van der Waals surface area (Å²) in [7, 11) is 0. The third kappa shape index (κ3) is 4.06. The lowest BCUT2D eigenvalue weighted by Crippen LogP contribution is -2.05. The molecule has 4 nitrogen and oxygen atoms in total. The van der Waals surface area contributed by atoms with E-state index in [1.807, 2.05) is 6.92 Å². The van der Waals surface area contributed by atoms with E-state index in [0.29, 0.717) is 25.0 Å². The fourth-order valence-electron chi connectivity index (χ4n) is 1.55. The smallest absolute Gasteiger partial charge is 0.226 e.